The van der Waals surface area contributed by atoms with E-state index >= 15 is 0 Å². The second-order valence-electron chi connectivity index (χ2n) is 1.34. The molecule has 0 aliphatic heterocycles. The van der Waals surface area contributed by atoms with Gasteiger partial charge in [-0.05, 0) is 12.1 Å². The summed E-state index contributed by atoms with van der Waals surface area (Å²) in [7, 11) is 0. The van der Waals surface area contributed by atoms with Crippen LogP contribution in [0.15, 0.2) is 35.2 Å². The predicted molar refractivity (Wildman–Crippen MR) is 33.7 cm³/mol. The molecule has 0 saturated heterocycles. The third-order valence-corrected chi connectivity index (χ3v) is 1.05. The minimum atomic E-state index is 0. The molecule has 0 atom stereocenters. The van der Waals surface area contributed by atoms with Gasteiger partial charge in [0.25, 0.3) is 0 Å². The zero-order chi connectivity index (χ0) is 5.11. The normalized spacial score (nSPS) is 7.62. The van der Waals surface area contributed by atoms with Crippen LogP contribution in [-0.2, 0) is 27.7 Å². The molecule has 0 spiro atoms. The van der Waals surface area contributed by atoms with Crippen LogP contribution in [0.2, 0.25) is 0 Å². The summed E-state index contributed by atoms with van der Waals surface area (Å²) < 4.78 is 0. The van der Waals surface area contributed by atoms with Crippen LogP contribution in [0.4, 0.5) is 0 Å². The maximum absolute atomic E-state index is 4.08. The van der Waals surface area contributed by atoms with E-state index in [0.29, 0.717) is 0 Å². The molecule has 1 rings (SSSR count). The Morgan fingerprint density at radius 1 is 1.00 bits per heavy atom. The molecule has 0 aliphatic rings. The Hall–Kier alpha value is 0.505. The van der Waals surface area contributed by atoms with Gasteiger partial charge in [0.1, 0.15) is 0 Å². The van der Waals surface area contributed by atoms with Crippen LogP contribution in [0, 0.1) is 0 Å². The van der Waals surface area contributed by atoms with Crippen molar-refractivity contribution in [2.45, 2.75) is 4.90 Å². The molecular weight excluding hydrogens is 305 g/mol. The van der Waals surface area contributed by atoms with Gasteiger partial charge in [-0.2, -0.15) is 0 Å². The third kappa shape index (κ3) is 2.73. The van der Waals surface area contributed by atoms with E-state index in [1.54, 1.807) is 0 Å². The SMILES string of the molecule is Sc1ccccc1.[Hg]. The third-order valence-electron chi connectivity index (χ3n) is 0.756. The van der Waals surface area contributed by atoms with Crippen molar-refractivity contribution in [1.82, 2.24) is 0 Å². The molecular formula is C6H6HgS. The molecule has 0 bridgehead atoms. The number of hydrogen-bond acceptors (Lipinski definition) is 1. The first kappa shape index (κ1) is 8.51. The molecule has 0 N–H and O–H groups in total. The molecule has 0 saturated carbocycles. The molecule has 0 fully saturated rings. The zero-order valence-electron chi connectivity index (χ0n) is 4.54. The van der Waals surface area contributed by atoms with Crippen LogP contribution < -0.4 is 0 Å². The maximum Gasteiger partial charge on any atom is 0.00399 e. The van der Waals surface area contributed by atoms with Gasteiger partial charge in [0, 0.05) is 32.6 Å². The van der Waals surface area contributed by atoms with Crippen LogP contribution in [-0.4, -0.2) is 0 Å². The molecule has 0 nitrogen and oxygen atoms in total. The zero-order valence-corrected chi connectivity index (χ0v) is 10.9. The van der Waals surface area contributed by atoms with Gasteiger partial charge in [0.15, 0.2) is 0 Å². The fourth-order valence-electron chi connectivity index (χ4n) is 0.428. The van der Waals surface area contributed by atoms with Crippen LogP contribution in [0.1, 0.15) is 0 Å². The van der Waals surface area contributed by atoms with E-state index in [0.717, 1.165) is 4.90 Å². The minimum Gasteiger partial charge on any atom is -0.143 e. The van der Waals surface area contributed by atoms with Crippen molar-refractivity contribution in [3.05, 3.63) is 30.3 Å². The summed E-state index contributed by atoms with van der Waals surface area (Å²) in [6, 6.07) is 9.79. The molecule has 0 amide bonds. The van der Waals surface area contributed by atoms with Crippen LogP contribution >= 0.6 is 12.6 Å². The Bertz CT molecular complexity index is 138. The average molecular weight is 311 g/mol. The van der Waals surface area contributed by atoms with E-state index in [1.807, 2.05) is 30.3 Å². The standard InChI is InChI=1S/C6H6S.Hg/c7-6-4-2-1-3-5-6;/h1-5,7H;. The van der Waals surface area contributed by atoms with Crippen molar-refractivity contribution in [2.24, 2.45) is 0 Å². The topological polar surface area (TPSA) is 0 Å². The van der Waals surface area contributed by atoms with Gasteiger partial charge in [0.05, 0.1) is 0 Å². The first-order valence-corrected chi connectivity index (χ1v) is 2.58. The second-order valence-corrected chi connectivity index (χ2v) is 1.85. The summed E-state index contributed by atoms with van der Waals surface area (Å²) in [5.74, 6) is 0. The predicted octanol–water partition coefficient (Wildman–Crippen LogP) is 1.97. The van der Waals surface area contributed by atoms with E-state index in [1.165, 1.54) is 0 Å². The summed E-state index contributed by atoms with van der Waals surface area (Å²) in [6.07, 6.45) is 0. The van der Waals surface area contributed by atoms with Crippen molar-refractivity contribution < 1.29 is 27.7 Å². The molecule has 1 aromatic rings. The first-order chi connectivity index (χ1) is 3.39. The molecule has 1 aromatic carbocycles. The van der Waals surface area contributed by atoms with Gasteiger partial charge >= 0.3 is 0 Å². The molecule has 0 aromatic heterocycles. The fraction of sp³-hybridized carbons (Fsp3) is 0. The Morgan fingerprint density at radius 3 is 1.75 bits per heavy atom. The second kappa shape index (κ2) is 4.39. The quantitative estimate of drug-likeness (QED) is 0.550. The van der Waals surface area contributed by atoms with E-state index in [2.05, 4.69) is 12.6 Å². The van der Waals surface area contributed by atoms with Gasteiger partial charge in [-0.3, -0.25) is 0 Å². The average Bonchev–Trinajstić information content (AvgIpc) is 1.69. The number of rotatable bonds is 0. The molecule has 2 heteroatoms. The summed E-state index contributed by atoms with van der Waals surface area (Å²) in [5, 5.41) is 0. The monoisotopic (exact) mass is 312 g/mol. The van der Waals surface area contributed by atoms with Gasteiger partial charge in [-0.25, -0.2) is 0 Å². The van der Waals surface area contributed by atoms with Gasteiger partial charge in [-0.15, -0.1) is 12.6 Å². The maximum atomic E-state index is 4.08. The van der Waals surface area contributed by atoms with Gasteiger partial charge in [-0.1, -0.05) is 18.2 Å². The summed E-state index contributed by atoms with van der Waals surface area (Å²) >= 11 is 4.08. The molecule has 0 heterocycles. The van der Waals surface area contributed by atoms with Gasteiger partial charge < -0.3 is 0 Å². The van der Waals surface area contributed by atoms with Crippen molar-refractivity contribution in [1.29, 1.82) is 0 Å². The largest absolute Gasteiger partial charge is 0.143 e. The van der Waals surface area contributed by atoms with E-state index in [-0.39, 0.29) is 27.7 Å². The van der Waals surface area contributed by atoms with E-state index in [4.69, 9.17) is 0 Å². The molecule has 0 unspecified atom stereocenters. The van der Waals surface area contributed by atoms with E-state index in [9.17, 15) is 0 Å². The Morgan fingerprint density at radius 2 is 1.50 bits per heavy atom. The number of thiol groups is 1. The summed E-state index contributed by atoms with van der Waals surface area (Å²) in [4.78, 5) is 1.02. The Kier molecular flexibility index (Phi) is 4.67. The smallest absolute Gasteiger partial charge is 0.00399 e. The van der Waals surface area contributed by atoms with Crippen LogP contribution in [0.25, 0.3) is 0 Å². The van der Waals surface area contributed by atoms with Gasteiger partial charge in [0.2, 0.25) is 0 Å². The van der Waals surface area contributed by atoms with Crippen molar-refractivity contribution in [2.75, 3.05) is 0 Å². The van der Waals surface area contributed by atoms with Crippen LogP contribution in [0.3, 0.4) is 0 Å². The fourth-order valence-corrected chi connectivity index (χ4v) is 0.600. The summed E-state index contributed by atoms with van der Waals surface area (Å²) in [6.45, 7) is 0. The van der Waals surface area contributed by atoms with E-state index < -0.39 is 0 Å². The summed E-state index contributed by atoms with van der Waals surface area (Å²) in [5.41, 5.74) is 0. The molecule has 38 valence electrons. The van der Waals surface area contributed by atoms with Crippen molar-refractivity contribution >= 4 is 12.6 Å². The van der Waals surface area contributed by atoms with Crippen molar-refractivity contribution in [3.8, 4) is 0 Å². The Labute approximate surface area is 75.2 Å². The Balaban J connectivity index is 0.000000490. The van der Waals surface area contributed by atoms with Crippen molar-refractivity contribution in [3.63, 3.8) is 0 Å². The minimum absolute atomic E-state index is 0. The molecule has 0 aliphatic carbocycles. The van der Waals surface area contributed by atoms with Crippen LogP contribution in [0.5, 0.6) is 0 Å². The molecule has 8 heavy (non-hydrogen) atoms. The first-order valence-electron chi connectivity index (χ1n) is 2.13. The molecule has 0 radical (unpaired) electrons. The number of benzene rings is 1. The number of hydrogen-bond donors (Lipinski definition) is 1.